The lowest BCUT2D eigenvalue weighted by Crippen LogP contribution is -2.53. The number of hydrogen-bond acceptors (Lipinski definition) is 3. The van der Waals surface area contributed by atoms with E-state index in [0.29, 0.717) is 30.5 Å². The van der Waals surface area contributed by atoms with E-state index in [9.17, 15) is 4.79 Å². The van der Waals surface area contributed by atoms with Gasteiger partial charge in [-0.3, -0.25) is 4.79 Å². The van der Waals surface area contributed by atoms with Crippen molar-refractivity contribution < 1.29 is 9.53 Å². The summed E-state index contributed by atoms with van der Waals surface area (Å²) in [7, 11) is 0. The van der Waals surface area contributed by atoms with Gasteiger partial charge in [-0.05, 0) is 49.4 Å². The van der Waals surface area contributed by atoms with Crippen molar-refractivity contribution in [2.75, 3.05) is 6.54 Å². The quantitative estimate of drug-likeness (QED) is 0.689. The van der Waals surface area contributed by atoms with Crippen LogP contribution >= 0.6 is 24.0 Å². The topological polar surface area (TPSA) is 64.3 Å². The molecule has 2 aromatic rings. The molecule has 4 nitrogen and oxygen atoms in total. The molecule has 0 radical (unpaired) electrons. The number of carbonyl (C=O) groups is 1. The first kappa shape index (κ1) is 21.5. The SMILES string of the molecule is CC(CN)(NC(=O)Cc1cccc(OCc2ccccc2Cl)c1)C1CC1.Cl. The van der Waals surface area contributed by atoms with E-state index < -0.39 is 0 Å². The third kappa shape index (κ3) is 5.86. The summed E-state index contributed by atoms with van der Waals surface area (Å²) in [6, 6.07) is 15.2. The molecule has 3 N–H and O–H groups in total. The van der Waals surface area contributed by atoms with E-state index in [1.165, 1.54) is 0 Å². The van der Waals surface area contributed by atoms with Gasteiger partial charge in [0.05, 0.1) is 12.0 Å². The van der Waals surface area contributed by atoms with Crippen LogP contribution in [0.2, 0.25) is 5.02 Å². The summed E-state index contributed by atoms with van der Waals surface area (Å²) in [5.74, 6) is 1.22. The molecule has 6 heteroatoms. The number of rotatable bonds is 8. The van der Waals surface area contributed by atoms with Crippen LogP contribution in [-0.2, 0) is 17.8 Å². The zero-order valence-electron chi connectivity index (χ0n) is 15.4. The summed E-state index contributed by atoms with van der Waals surface area (Å²) in [5.41, 5.74) is 7.42. The van der Waals surface area contributed by atoms with Crippen molar-refractivity contribution in [3.63, 3.8) is 0 Å². The number of halogens is 2. The van der Waals surface area contributed by atoms with Crippen molar-refractivity contribution in [1.29, 1.82) is 0 Å². The predicted molar refractivity (Wildman–Crippen MR) is 112 cm³/mol. The van der Waals surface area contributed by atoms with Crippen LogP contribution in [0.1, 0.15) is 30.9 Å². The Kier molecular flexibility index (Phi) is 7.54. The monoisotopic (exact) mass is 408 g/mol. The Hall–Kier alpha value is -1.75. The smallest absolute Gasteiger partial charge is 0.224 e. The maximum atomic E-state index is 12.4. The Balaban J connectivity index is 0.00000261. The normalized spacial score (nSPS) is 15.4. The van der Waals surface area contributed by atoms with Crippen LogP contribution in [0.5, 0.6) is 5.75 Å². The van der Waals surface area contributed by atoms with Gasteiger partial charge in [-0.25, -0.2) is 0 Å². The minimum absolute atomic E-state index is 0. The first-order valence-corrected chi connectivity index (χ1v) is 9.34. The molecule has 27 heavy (non-hydrogen) atoms. The molecule has 1 fully saturated rings. The molecule has 1 amide bonds. The number of amides is 1. The second-order valence-electron chi connectivity index (χ2n) is 7.15. The maximum Gasteiger partial charge on any atom is 0.224 e. The van der Waals surface area contributed by atoms with E-state index >= 15 is 0 Å². The van der Waals surface area contributed by atoms with Gasteiger partial charge in [0.2, 0.25) is 5.91 Å². The van der Waals surface area contributed by atoms with E-state index in [4.69, 9.17) is 22.1 Å². The number of carbonyl (C=O) groups excluding carboxylic acids is 1. The average molecular weight is 409 g/mol. The van der Waals surface area contributed by atoms with Gasteiger partial charge in [0.25, 0.3) is 0 Å². The zero-order chi connectivity index (χ0) is 18.6. The molecule has 0 bridgehead atoms. The van der Waals surface area contributed by atoms with Gasteiger partial charge < -0.3 is 15.8 Å². The predicted octanol–water partition coefficient (Wildman–Crippen LogP) is 4.13. The van der Waals surface area contributed by atoms with E-state index in [2.05, 4.69) is 5.32 Å². The highest BCUT2D eigenvalue weighted by atomic mass is 35.5. The van der Waals surface area contributed by atoms with Crippen molar-refractivity contribution in [2.45, 2.75) is 38.3 Å². The highest BCUT2D eigenvalue weighted by molar-refractivity contribution is 6.31. The van der Waals surface area contributed by atoms with Crippen molar-refractivity contribution in [1.82, 2.24) is 5.32 Å². The Bertz CT molecular complexity index is 780. The third-order valence-electron chi connectivity index (χ3n) is 4.94. The van der Waals surface area contributed by atoms with Crippen molar-refractivity contribution in [3.8, 4) is 5.75 Å². The lowest BCUT2D eigenvalue weighted by molar-refractivity contribution is -0.122. The van der Waals surface area contributed by atoms with E-state index in [1.807, 2.05) is 55.5 Å². The number of benzene rings is 2. The zero-order valence-corrected chi connectivity index (χ0v) is 17.0. The molecule has 0 aliphatic heterocycles. The van der Waals surface area contributed by atoms with Gasteiger partial charge in [-0.15, -0.1) is 12.4 Å². The standard InChI is InChI=1S/C21H25ClN2O2.ClH/c1-21(14-23,17-9-10-17)24-20(25)12-15-5-4-7-18(11-15)26-13-16-6-2-3-8-19(16)22;/h2-8,11,17H,9-10,12-14,23H2,1H3,(H,24,25);1H. The van der Waals surface area contributed by atoms with Crippen LogP contribution in [0.4, 0.5) is 0 Å². The molecule has 0 aromatic heterocycles. The molecule has 2 aromatic carbocycles. The second kappa shape index (κ2) is 9.45. The third-order valence-corrected chi connectivity index (χ3v) is 5.31. The number of ether oxygens (including phenoxy) is 1. The Morgan fingerprint density at radius 2 is 2.00 bits per heavy atom. The average Bonchev–Trinajstić information content (AvgIpc) is 3.47. The van der Waals surface area contributed by atoms with Crippen molar-refractivity contribution in [3.05, 3.63) is 64.7 Å². The molecule has 3 rings (SSSR count). The highest BCUT2D eigenvalue weighted by Gasteiger charge is 2.41. The lowest BCUT2D eigenvalue weighted by Gasteiger charge is -2.29. The minimum atomic E-state index is -0.296. The molecule has 1 atom stereocenters. The molecule has 1 saturated carbocycles. The first-order chi connectivity index (χ1) is 12.5. The maximum absolute atomic E-state index is 12.4. The fraction of sp³-hybridized carbons (Fsp3) is 0.381. The molecule has 0 heterocycles. The van der Waals surface area contributed by atoms with Crippen LogP contribution in [0.15, 0.2) is 48.5 Å². The Morgan fingerprint density at radius 3 is 2.67 bits per heavy atom. The lowest BCUT2D eigenvalue weighted by atomic mass is 9.95. The van der Waals surface area contributed by atoms with Gasteiger partial charge in [-0.2, -0.15) is 0 Å². The van der Waals surface area contributed by atoms with Crippen LogP contribution in [0, 0.1) is 5.92 Å². The summed E-state index contributed by atoms with van der Waals surface area (Å²) in [6.45, 7) is 2.89. The van der Waals surface area contributed by atoms with E-state index in [0.717, 1.165) is 29.7 Å². The summed E-state index contributed by atoms with van der Waals surface area (Å²) < 4.78 is 5.83. The fourth-order valence-electron chi connectivity index (χ4n) is 3.11. The number of nitrogens with one attached hydrogen (secondary N) is 1. The van der Waals surface area contributed by atoms with Gasteiger partial charge in [0, 0.05) is 17.1 Å². The van der Waals surface area contributed by atoms with Crippen LogP contribution in [-0.4, -0.2) is 18.0 Å². The van der Waals surface area contributed by atoms with Gasteiger partial charge in [0.15, 0.2) is 0 Å². The fourth-order valence-corrected chi connectivity index (χ4v) is 3.30. The van der Waals surface area contributed by atoms with Crippen molar-refractivity contribution >= 4 is 29.9 Å². The number of nitrogens with two attached hydrogens (primary N) is 1. The molecular weight excluding hydrogens is 383 g/mol. The molecule has 1 unspecified atom stereocenters. The summed E-state index contributed by atoms with van der Waals surface area (Å²) in [6.07, 6.45) is 2.59. The highest BCUT2D eigenvalue weighted by Crippen LogP contribution is 2.39. The molecule has 0 spiro atoms. The van der Waals surface area contributed by atoms with Gasteiger partial charge >= 0.3 is 0 Å². The Labute approximate surface area is 171 Å². The van der Waals surface area contributed by atoms with E-state index in [-0.39, 0.29) is 23.9 Å². The van der Waals surface area contributed by atoms with Crippen LogP contribution in [0.25, 0.3) is 0 Å². The van der Waals surface area contributed by atoms with Gasteiger partial charge in [-0.1, -0.05) is 41.9 Å². The molecule has 146 valence electrons. The molecule has 1 aliphatic carbocycles. The summed E-state index contributed by atoms with van der Waals surface area (Å²) >= 11 is 6.15. The molecular formula is C21H26Cl2N2O2. The summed E-state index contributed by atoms with van der Waals surface area (Å²) in [4.78, 5) is 12.4. The van der Waals surface area contributed by atoms with Crippen LogP contribution < -0.4 is 15.8 Å². The van der Waals surface area contributed by atoms with Gasteiger partial charge in [0.1, 0.15) is 12.4 Å². The first-order valence-electron chi connectivity index (χ1n) is 8.96. The van der Waals surface area contributed by atoms with E-state index in [1.54, 1.807) is 0 Å². The summed E-state index contributed by atoms with van der Waals surface area (Å²) in [5, 5.41) is 3.80. The van der Waals surface area contributed by atoms with Crippen LogP contribution in [0.3, 0.4) is 0 Å². The number of hydrogen-bond donors (Lipinski definition) is 2. The van der Waals surface area contributed by atoms with Crippen molar-refractivity contribution in [2.24, 2.45) is 11.7 Å². The Morgan fingerprint density at radius 1 is 1.26 bits per heavy atom. The minimum Gasteiger partial charge on any atom is -0.489 e. The largest absolute Gasteiger partial charge is 0.489 e. The molecule has 1 aliphatic rings. The second-order valence-corrected chi connectivity index (χ2v) is 7.56. The molecule has 0 saturated heterocycles.